The van der Waals surface area contributed by atoms with Gasteiger partial charge in [0.1, 0.15) is 36.3 Å². The second-order valence-corrected chi connectivity index (χ2v) is 13.8. The minimum atomic E-state index is -1.62. The lowest BCUT2D eigenvalue weighted by atomic mass is 9.45. The summed E-state index contributed by atoms with van der Waals surface area (Å²) in [7, 11) is 1.48. The van der Waals surface area contributed by atoms with Gasteiger partial charge in [-0.15, -0.1) is 0 Å². The molecule has 4 aliphatic rings. The summed E-state index contributed by atoms with van der Waals surface area (Å²) < 4.78 is 35.5. The zero-order valence-corrected chi connectivity index (χ0v) is 27.5. The van der Waals surface area contributed by atoms with Crippen molar-refractivity contribution in [1.29, 1.82) is 0 Å². The van der Waals surface area contributed by atoms with Crippen LogP contribution in [0.2, 0.25) is 0 Å². The van der Waals surface area contributed by atoms with Crippen LogP contribution in [-0.2, 0) is 38.1 Å². The molecule has 1 saturated heterocycles. The molecular weight excluding hydrogens is 600 g/mol. The van der Waals surface area contributed by atoms with Gasteiger partial charge in [0.15, 0.2) is 5.60 Å². The summed E-state index contributed by atoms with van der Waals surface area (Å²) in [5, 5.41) is 24.4. The predicted molar refractivity (Wildman–Crippen MR) is 160 cm³/mol. The molecule has 252 valence electrons. The Morgan fingerprint density at radius 1 is 0.935 bits per heavy atom. The summed E-state index contributed by atoms with van der Waals surface area (Å²) in [6, 6.07) is 6.45. The van der Waals surface area contributed by atoms with Gasteiger partial charge in [0, 0.05) is 38.5 Å². The molecule has 1 heterocycles. The Morgan fingerprint density at radius 2 is 1.61 bits per heavy atom. The van der Waals surface area contributed by atoms with Crippen LogP contribution in [0.25, 0.3) is 0 Å². The molecule has 0 spiro atoms. The van der Waals surface area contributed by atoms with E-state index in [0.717, 1.165) is 0 Å². The normalized spacial score (nSPS) is 37.6. The lowest BCUT2D eigenvalue weighted by molar-refractivity contribution is -0.354. The number of aliphatic hydroxyl groups is 2. The van der Waals surface area contributed by atoms with Crippen molar-refractivity contribution in [3.05, 3.63) is 41.0 Å². The van der Waals surface area contributed by atoms with Crippen LogP contribution in [0.5, 0.6) is 5.75 Å². The molecule has 2 saturated carbocycles. The first-order valence-corrected chi connectivity index (χ1v) is 15.6. The first-order chi connectivity index (χ1) is 21.5. The summed E-state index contributed by atoms with van der Waals surface area (Å²) in [6.45, 7) is 10.9. The number of hydrogen-bond acceptors (Lipinski definition) is 12. The van der Waals surface area contributed by atoms with Crippen LogP contribution in [0, 0.1) is 22.7 Å². The minimum absolute atomic E-state index is 0.0579. The molecular formula is C34H44O12. The van der Waals surface area contributed by atoms with Crippen molar-refractivity contribution in [2.45, 2.75) is 104 Å². The van der Waals surface area contributed by atoms with Gasteiger partial charge in [-0.05, 0) is 48.1 Å². The smallest absolute Gasteiger partial charge is 0.338 e. The molecule has 3 fully saturated rings. The van der Waals surface area contributed by atoms with Crippen LogP contribution in [0.3, 0.4) is 0 Å². The van der Waals surface area contributed by atoms with Gasteiger partial charge in [0.2, 0.25) is 0 Å². The van der Waals surface area contributed by atoms with Gasteiger partial charge in [0.25, 0.3) is 0 Å². The molecule has 46 heavy (non-hydrogen) atoms. The molecule has 1 aromatic rings. The van der Waals surface area contributed by atoms with Crippen molar-refractivity contribution in [2.24, 2.45) is 22.7 Å². The quantitative estimate of drug-likeness (QED) is 0.265. The molecule has 5 rings (SSSR count). The first kappa shape index (κ1) is 33.9. The van der Waals surface area contributed by atoms with Gasteiger partial charge < -0.3 is 38.6 Å². The minimum Gasteiger partial charge on any atom is -0.497 e. The number of carbonyl (C=O) groups is 4. The summed E-state index contributed by atoms with van der Waals surface area (Å²) in [6.07, 6.45) is -6.62. The van der Waals surface area contributed by atoms with E-state index in [1.54, 1.807) is 32.0 Å². The second kappa shape index (κ2) is 12.0. The lowest BCUT2D eigenvalue weighted by Gasteiger charge is -2.67. The molecule has 3 aliphatic carbocycles. The molecule has 1 aromatic carbocycles. The molecule has 10 atom stereocenters. The molecule has 0 radical (unpaired) electrons. The topological polar surface area (TPSA) is 164 Å². The number of fused-ring (bicyclic) bond motifs is 5. The number of esters is 4. The Bertz CT molecular complexity index is 1450. The summed E-state index contributed by atoms with van der Waals surface area (Å²) in [5.41, 5.74) is -2.70. The zero-order chi connectivity index (χ0) is 33.9. The monoisotopic (exact) mass is 644 g/mol. The lowest BCUT2D eigenvalue weighted by Crippen LogP contribution is -2.80. The summed E-state index contributed by atoms with van der Waals surface area (Å²) >= 11 is 0. The van der Waals surface area contributed by atoms with E-state index in [2.05, 4.69) is 0 Å². The fourth-order valence-corrected chi connectivity index (χ4v) is 8.81. The Hall–Kier alpha value is -3.48. The predicted octanol–water partition coefficient (Wildman–Crippen LogP) is 2.91. The van der Waals surface area contributed by atoms with E-state index in [0.29, 0.717) is 16.9 Å². The second-order valence-electron chi connectivity index (χ2n) is 13.8. The molecule has 2 N–H and O–H groups in total. The number of hydrogen-bond donors (Lipinski definition) is 2. The summed E-state index contributed by atoms with van der Waals surface area (Å²) in [4.78, 5) is 51.6. The van der Waals surface area contributed by atoms with Crippen LogP contribution in [-0.4, -0.2) is 90.0 Å². The van der Waals surface area contributed by atoms with Crippen molar-refractivity contribution < 1.29 is 57.8 Å². The molecule has 2 bridgehead atoms. The molecule has 0 aromatic heterocycles. The van der Waals surface area contributed by atoms with Crippen LogP contribution in [0.4, 0.5) is 0 Å². The first-order valence-electron chi connectivity index (χ1n) is 15.6. The fraction of sp³-hybridized carbons (Fsp3) is 0.647. The van der Waals surface area contributed by atoms with Crippen molar-refractivity contribution in [3.8, 4) is 5.75 Å². The van der Waals surface area contributed by atoms with Crippen molar-refractivity contribution in [1.82, 2.24) is 0 Å². The van der Waals surface area contributed by atoms with Crippen molar-refractivity contribution in [3.63, 3.8) is 0 Å². The van der Waals surface area contributed by atoms with Gasteiger partial charge in [-0.3, -0.25) is 14.4 Å². The van der Waals surface area contributed by atoms with Gasteiger partial charge in [-0.2, -0.15) is 0 Å². The van der Waals surface area contributed by atoms with Gasteiger partial charge in [-0.25, -0.2) is 4.79 Å². The average Bonchev–Trinajstić information content (AvgIpc) is 2.96. The Labute approximate surface area is 268 Å². The third-order valence-corrected chi connectivity index (χ3v) is 10.8. The molecule has 1 aliphatic heterocycles. The number of aliphatic hydroxyl groups excluding tert-OH is 2. The number of benzene rings is 1. The third-order valence-electron chi connectivity index (χ3n) is 10.8. The Morgan fingerprint density at radius 3 is 2.17 bits per heavy atom. The van der Waals surface area contributed by atoms with E-state index in [1.807, 2.05) is 13.8 Å². The third kappa shape index (κ3) is 5.28. The maximum absolute atomic E-state index is 14.1. The van der Waals surface area contributed by atoms with Crippen LogP contribution in [0.1, 0.15) is 71.7 Å². The Kier molecular flexibility index (Phi) is 8.80. The highest BCUT2D eigenvalue weighted by Crippen LogP contribution is 2.64. The molecule has 2 unspecified atom stereocenters. The number of ether oxygens (including phenoxy) is 6. The van der Waals surface area contributed by atoms with E-state index in [4.69, 9.17) is 28.4 Å². The molecule has 12 nitrogen and oxygen atoms in total. The van der Waals surface area contributed by atoms with Gasteiger partial charge >= 0.3 is 23.9 Å². The van der Waals surface area contributed by atoms with E-state index in [9.17, 15) is 29.4 Å². The Balaban J connectivity index is 1.79. The van der Waals surface area contributed by atoms with Crippen LogP contribution in [0.15, 0.2) is 35.4 Å². The summed E-state index contributed by atoms with van der Waals surface area (Å²) in [5.74, 6) is -3.76. The molecule has 12 heteroatoms. The SMILES string of the molecule is COc1cccc(C(=O)O[C@@H]2C3C[C@H](OC(C)=O)C(C)=C([C@@H](O)[C@H](O)[C@@]4(C)C2[C@]2(OC(C)=O)CO[C@@H]2C[C@@H]4OC(C)=O)C3(C)C)c1. The van der Waals surface area contributed by atoms with E-state index < -0.39 is 88.8 Å². The van der Waals surface area contributed by atoms with Gasteiger partial charge in [0.05, 0.1) is 31.3 Å². The fourth-order valence-electron chi connectivity index (χ4n) is 8.81. The van der Waals surface area contributed by atoms with Crippen molar-refractivity contribution in [2.75, 3.05) is 13.7 Å². The van der Waals surface area contributed by atoms with Crippen LogP contribution < -0.4 is 4.74 Å². The van der Waals surface area contributed by atoms with E-state index in [-0.39, 0.29) is 25.0 Å². The maximum Gasteiger partial charge on any atom is 0.338 e. The van der Waals surface area contributed by atoms with Gasteiger partial charge in [-0.1, -0.05) is 26.8 Å². The highest BCUT2D eigenvalue weighted by Gasteiger charge is 2.75. The van der Waals surface area contributed by atoms with E-state index >= 15 is 0 Å². The van der Waals surface area contributed by atoms with Crippen LogP contribution >= 0.6 is 0 Å². The highest BCUT2D eigenvalue weighted by molar-refractivity contribution is 5.90. The number of carbonyl (C=O) groups excluding carboxylic acids is 4. The van der Waals surface area contributed by atoms with E-state index in [1.165, 1.54) is 33.9 Å². The standard InChI is InChI=1S/C34H44O12/c1-16-23(43-17(2)35)13-22-28(45-31(40)20-10-9-11-21(12-20)41-8)29-33(7,30(39)27(38)26(16)32(22,5)6)24(44-18(3)36)14-25-34(29,15-42-25)46-19(4)37/h9-12,22-25,27-30,38-39H,13-15H2,1-8H3/t22?,23-,24-,25+,27+,28+,29?,30-,33+,34-/m0/s1. The zero-order valence-electron chi connectivity index (χ0n) is 27.5. The largest absolute Gasteiger partial charge is 0.497 e. The van der Waals surface area contributed by atoms with Crippen molar-refractivity contribution >= 4 is 23.9 Å². The number of rotatable bonds is 6. The number of methoxy groups -OCH3 is 1. The molecule has 0 amide bonds. The maximum atomic E-state index is 14.1. The average molecular weight is 645 g/mol. The highest BCUT2D eigenvalue weighted by atomic mass is 16.6.